The zero-order valence-corrected chi connectivity index (χ0v) is 12.5. The first-order valence-electron chi connectivity index (χ1n) is 6.94. The molecule has 1 heterocycles. The Morgan fingerprint density at radius 2 is 1.70 bits per heavy atom. The molecule has 0 saturated carbocycles. The molecule has 1 aromatic carbocycles. The molecule has 0 bridgehead atoms. The Balaban J connectivity index is 2.29. The quantitative estimate of drug-likeness (QED) is 0.889. The second-order valence-electron chi connectivity index (χ2n) is 5.37. The second kappa shape index (κ2) is 5.90. The number of hydrogen-bond acceptors (Lipinski definition) is 4. The number of nitrogens with one attached hydrogen (secondary N) is 1. The largest absolute Gasteiger partial charge is 0.383 e. The standard InChI is InChI=1S/C16H22N4/c1-10(2)15-19-14(17)11(3)16(20-15)18-12(4)13-8-6-5-7-9-13/h5-10,12H,1-4H3,(H3,17,18,19,20). The zero-order chi connectivity index (χ0) is 14.7. The summed E-state index contributed by atoms with van der Waals surface area (Å²) < 4.78 is 0. The van der Waals surface area contributed by atoms with Gasteiger partial charge in [0.25, 0.3) is 0 Å². The Hall–Kier alpha value is -2.10. The van der Waals surface area contributed by atoms with Crippen molar-refractivity contribution in [1.82, 2.24) is 9.97 Å². The minimum absolute atomic E-state index is 0.171. The fourth-order valence-corrected chi connectivity index (χ4v) is 1.98. The normalized spacial score (nSPS) is 12.4. The van der Waals surface area contributed by atoms with Gasteiger partial charge in [-0.05, 0) is 19.4 Å². The van der Waals surface area contributed by atoms with E-state index in [4.69, 9.17) is 5.73 Å². The monoisotopic (exact) mass is 270 g/mol. The number of anilines is 2. The summed E-state index contributed by atoms with van der Waals surface area (Å²) in [6.07, 6.45) is 0. The van der Waals surface area contributed by atoms with E-state index in [-0.39, 0.29) is 12.0 Å². The Morgan fingerprint density at radius 3 is 2.30 bits per heavy atom. The molecular weight excluding hydrogens is 248 g/mol. The van der Waals surface area contributed by atoms with E-state index in [1.165, 1.54) is 5.56 Å². The Bertz CT molecular complexity index is 579. The van der Waals surface area contributed by atoms with Crippen molar-refractivity contribution in [3.05, 3.63) is 47.3 Å². The van der Waals surface area contributed by atoms with Gasteiger partial charge in [-0.15, -0.1) is 0 Å². The van der Waals surface area contributed by atoms with Crippen LogP contribution < -0.4 is 11.1 Å². The van der Waals surface area contributed by atoms with Gasteiger partial charge < -0.3 is 11.1 Å². The molecule has 4 heteroatoms. The topological polar surface area (TPSA) is 63.8 Å². The van der Waals surface area contributed by atoms with Crippen molar-refractivity contribution in [1.29, 1.82) is 0 Å². The SMILES string of the molecule is Cc1c(N)nc(C(C)C)nc1NC(C)c1ccccc1. The van der Waals surface area contributed by atoms with Gasteiger partial charge in [0.1, 0.15) is 17.5 Å². The van der Waals surface area contributed by atoms with Gasteiger partial charge in [0, 0.05) is 17.5 Å². The van der Waals surface area contributed by atoms with Crippen LogP contribution in [0.5, 0.6) is 0 Å². The highest BCUT2D eigenvalue weighted by Gasteiger charge is 2.13. The molecule has 0 spiro atoms. The van der Waals surface area contributed by atoms with E-state index in [1.54, 1.807) is 0 Å². The first kappa shape index (κ1) is 14.3. The van der Waals surface area contributed by atoms with Gasteiger partial charge in [-0.25, -0.2) is 9.97 Å². The van der Waals surface area contributed by atoms with Crippen LogP contribution in [0.1, 0.15) is 49.7 Å². The Morgan fingerprint density at radius 1 is 1.05 bits per heavy atom. The molecule has 0 fully saturated rings. The number of hydrogen-bond donors (Lipinski definition) is 2. The molecule has 106 valence electrons. The van der Waals surface area contributed by atoms with E-state index in [1.807, 2.05) is 25.1 Å². The maximum Gasteiger partial charge on any atom is 0.135 e. The molecule has 20 heavy (non-hydrogen) atoms. The van der Waals surface area contributed by atoms with Crippen molar-refractivity contribution in [2.24, 2.45) is 0 Å². The second-order valence-corrected chi connectivity index (χ2v) is 5.37. The Kier molecular flexibility index (Phi) is 4.23. The summed E-state index contributed by atoms with van der Waals surface area (Å²) in [5.74, 6) is 2.39. The molecule has 0 aliphatic heterocycles. The molecule has 2 aromatic rings. The molecule has 1 atom stereocenters. The predicted octanol–water partition coefficient (Wildman–Crippen LogP) is 3.66. The lowest BCUT2D eigenvalue weighted by molar-refractivity contribution is 0.768. The van der Waals surface area contributed by atoms with Crippen LogP contribution in [0, 0.1) is 6.92 Å². The summed E-state index contributed by atoms with van der Waals surface area (Å²) in [7, 11) is 0. The number of rotatable bonds is 4. The molecule has 0 amide bonds. The van der Waals surface area contributed by atoms with Crippen LogP contribution in [0.15, 0.2) is 30.3 Å². The van der Waals surface area contributed by atoms with Gasteiger partial charge in [0.15, 0.2) is 0 Å². The first-order chi connectivity index (χ1) is 9.49. The molecule has 1 unspecified atom stereocenters. The van der Waals surface area contributed by atoms with E-state index in [0.29, 0.717) is 5.82 Å². The van der Waals surface area contributed by atoms with Gasteiger partial charge in [-0.3, -0.25) is 0 Å². The van der Waals surface area contributed by atoms with Gasteiger partial charge >= 0.3 is 0 Å². The van der Waals surface area contributed by atoms with Crippen LogP contribution in [0.2, 0.25) is 0 Å². The zero-order valence-electron chi connectivity index (χ0n) is 12.5. The van der Waals surface area contributed by atoms with E-state index in [9.17, 15) is 0 Å². The number of aromatic nitrogens is 2. The third-order valence-electron chi connectivity index (χ3n) is 3.37. The van der Waals surface area contributed by atoms with Crippen molar-refractivity contribution >= 4 is 11.6 Å². The van der Waals surface area contributed by atoms with Crippen LogP contribution in [-0.2, 0) is 0 Å². The molecule has 1 aromatic heterocycles. The number of nitrogen functional groups attached to an aromatic ring is 1. The predicted molar refractivity (Wildman–Crippen MR) is 83.8 cm³/mol. The fourth-order valence-electron chi connectivity index (χ4n) is 1.98. The highest BCUT2D eigenvalue weighted by molar-refractivity contribution is 5.55. The lowest BCUT2D eigenvalue weighted by atomic mass is 10.1. The van der Waals surface area contributed by atoms with Gasteiger partial charge in [0.2, 0.25) is 0 Å². The highest BCUT2D eigenvalue weighted by atomic mass is 15.1. The third kappa shape index (κ3) is 3.07. The summed E-state index contributed by atoms with van der Waals surface area (Å²) in [5, 5.41) is 3.43. The van der Waals surface area contributed by atoms with Crippen molar-refractivity contribution in [2.75, 3.05) is 11.1 Å². The van der Waals surface area contributed by atoms with Crippen LogP contribution >= 0.6 is 0 Å². The average molecular weight is 270 g/mol. The minimum atomic E-state index is 0.171. The maximum atomic E-state index is 5.98. The summed E-state index contributed by atoms with van der Waals surface area (Å²) in [6, 6.07) is 10.5. The van der Waals surface area contributed by atoms with Gasteiger partial charge in [-0.2, -0.15) is 0 Å². The highest BCUT2D eigenvalue weighted by Crippen LogP contribution is 2.24. The summed E-state index contributed by atoms with van der Waals surface area (Å²) in [5.41, 5.74) is 8.10. The van der Waals surface area contributed by atoms with Crippen LogP contribution in [0.25, 0.3) is 0 Å². The van der Waals surface area contributed by atoms with E-state index in [2.05, 4.69) is 48.2 Å². The molecule has 2 rings (SSSR count). The van der Waals surface area contributed by atoms with Crippen molar-refractivity contribution < 1.29 is 0 Å². The molecule has 0 radical (unpaired) electrons. The fraction of sp³-hybridized carbons (Fsp3) is 0.375. The maximum absolute atomic E-state index is 5.98. The average Bonchev–Trinajstić information content (AvgIpc) is 2.44. The van der Waals surface area contributed by atoms with Crippen LogP contribution in [0.4, 0.5) is 11.6 Å². The molecule has 0 aliphatic carbocycles. The molecule has 3 N–H and O–H groups in total. The number of nitrogens with zero attached hydrogens (tertiary/aromatic N) is 2. The van der Waals surface area contributed by atoms with Crippen molar-refractivity contribution in [3.8, 4) is 0 Å². The van der Waals surface area contributed by atoms with E-state index >= 15 is 0 Å². The number of benzene rings is 1. The molecule has 0 aliphatic rings. The molecular formula is C16H22N4. The summed E-state index contributed by atoms with van der Waals surface area (Å²) >= 11 is 0. The number of nitrogens with two attached hydrogens (primary N) is 1. The third-order valence-corrected chi connectivity index (χ3v) is 3.37. The van der Waals surface area contributed by atoms with E-state index in [0.717, 1.165) is 17.2 Å². The lowest BCUT2D eigenvalue weighted by Gasteiger charge is -2.18. The van der Waals surface area contributed by atoms with Gasteiger partial charge in [-0.1, -0.05) is 44.2 Å². The first-order valence-corrected chi connectivity index (χ1v) is 6.94. The Labute approximate surface area is 120 Å². The van der Waals surface area contributed by atoms with E-state index < -0.39 is 0 Å². The van der Waals surface area contributed by atoms with Crippen molar-refractivity contribution in [3.63, 3.8) is 0 Å². The molecule has 0 saturated heterocycles. The van der Waals surface area contributed by atoms with Crippen LogP contribution in [-0.4, -0.2) is 9.97 Å². The van der Waals surface area contributed by atoms with Crippen molar-refractivity contribution in [2.45, 2.75) is 39.7 Å². The summed E-state index contributed by atoms with van der Waals surface area (Å²) in [6.45, 7) is 8.19. The smallest absolute Gasteiger partial charge is 0.135 e. The minimum Gasteiger partial charge on any atom is -0.383 e. The van der Waals surface area contributed by atoms with Crippen LogP contribution in [0.3, 0.4) is 0 Å². The molecule has 4 nitrogen and oxygen atoms in total. The lowest BCUT2D eigenvalue weighted by Crippen LogP contribution is -2.13. The summed E-state index contributed by atoms with van der Waals surface area (Å²) in [4.78, 5) is 8.94. The van der Waals surface area contributed by atoms with Gasteiger partial charge in [0.05, 0.1) is 0 Å².